The smallest absolute Gasteiger partial charge is 0.0517 e. The van der Waals surface area contributed by atoms with Crippen LogP contribution in [0.3, 0.4) is 0 Å². The number of rotatable bonds is 1. The molecule has 0 heteroatoms. The van der Waals surface area contributed by atoms with Crippen LogP contribution in [0.2, 0.25) is 0 Å². The molecule has 0 fully saturated rings. The molecule has 0 nitrogen and oxygen atoms in total. The van der Waals surface area contributed by atoms with Gasteiger partial charge in [0.15, 0.2) is 0 Å². The monoisotopic (exact) mass is 204 g/mol. The predicted octanol–water partition coefficient (Wildman–Crippen LogP) is 4.06. The fourth-order valence-corrected chi connectivity index (χ4v) is 2.18. The van der Waals surface area contributed by atoms with Gasteiger partial charge in [0.2, 0.25) is 0 Å². The van der Waals surface area contributed by atoms with E-state index >= 15 is 0 Å². The molecular weight excluding hydrogens is 192 g/mol. The van der Waals surface area contributed by atoms with Gasteiger partial charge in [0.25, 0.3) is 0 Å². The summed E-state index contributed by atoms with van der Waals surface area (Å²) in [5.74, 6) is 0. The maximum Gasteiger partial charge on any atom is 0.0517 e. The Morgan fingerprint density at radius 2 is 1.50 bits per heavy atom. The number of hydrogen-bond acceptors (Lipinski definition) is 0. The maximum absolute atomic E-state index is 3.48. The molecule has 0 atom stereocenters. The zero-order valence-corrected chi connectivity index (χ0v) is 9.20. The molecule has 3 rings (SSSR count). The van der Waals surface area contributed by atoms with Crippen LogP contribution in [0.15, 0.2) is 54.6 Å². The van der Waals surface area contributed by atoms with E-state index in [2.05, 4.69) is 61.9 Å². The fourth-order valence-electron chi connectivity index (χ4n) is 2.18. The van der Waals surface area contributed by atoms with Crippen LogP contribution in [-0.4, -0.2) is 0 Å². The van der Waals surface area contributed by atoms with Gasteiger partial charge in [-0.15, -0.1) is 0 Å². The van der Waals surface area contributed by atoms with Gasteiger partial charge in [-0.1, -0.05) is 54.6 Å². The molecular formula is C16H12. The first-order valence-electron chi connectivity index (χ1n) is 5.49. The summed E-state index contributed by atoms with van der Waals surface area (Å²) in [4.78, 5) is 0. The van der Waals surface area contributed by atoms with Crippen molar-refractivity contribution in [1.29, 1.82) is 0 Å². The molecule has 16 heavy (non-hydrogen) atoms. The largest absolute Gasteiger partial charge is 0.0622 e. The summed E-state index contributed by atoms with van der Waals surface area (Å²) in [6.07, 6.45) is 3.48. The molecule has 0 saturated heterocycles. The zero-order chi connectivity index (χ0) is 11.0. The van der Waals surface area contributed by atoms with E-state index in [9.17, 15) is 0 Å². The van der Waals surface area contributed by atoms with Crippen molar-refractivity contribution in [3.63, 3.8) is 0 Å². The minimum Gasteiger partial charge on any atom is -0.0622 e. The first-order chi connectivity index (χ1) is 7.86. The highest BCUT2D eigenvalue weighted by molar-refractivity contribution is 6.01. The summed E-state index contributed by atoms with van der Waals surface area (Å²) in [5, 5.41) is 0. The van der Waals surface area contributed by atoms with Crippen LogP contribution in [0.1, 0.15) is 23.6 Å². The first kappa shape index (κ1) is 9.41. The lowest BCUT2D eigenvalue weighted by Crippen LogP contribution is -1.82. The van der Waals surface area contributed by atoms with Crippen molar-refractivity contribution in [2.75, 3.05) is 0 Å². The van der Waals surface area contributed by atoms with Crippen LogP contribution in [0, 0.1) is 6.42 Å². The molecule has 0 heterocycles. The average molecular weight is 204 g/mol. The van der Waals surface area contributed by atoms with E-state index in [0.29, 0.717) is 0 Å². The van der Waals surface area contributed by atoms with Crippen LogP contribution < -0.4 is 0 Å². The lowest BCUT2D eigenvalue weighted by molar-refractivity contribution is 1.52. The van der Waals surface area contributed by atoms with Crippen LogP contribution in [0.25, 0.3) is 11.1 Å². The van der Waals surface area contributed by atoms with Crippen molar-refractivity contribution in [2.45, 2.75) is 6.92 Å². The Labute approximate surface area is 96.3 Å². The van der Waals surface area contributed by atoms with Gasteiger partial charge >= 0.3 is 0 Å². The summed E-state index contributed by atoms with van der Waals surface area (Å²) >= 11 is 0. The molecule has 1 aliphatic rings. The van der Waals surface area contributed by atoms with E-state index in [4.69, 9.17) is 0 Å². The second-order valence-electron chi connectivity index (χ2n) is 4.04. The fraction of sp³-hybridized carbons (Fsp3) is 0.0625. The Morgan fingerprint density at radius 1 is 0.812 bits per heavy atom. The van der Waals surface area contributed by atoms with Gasteiger partial charge in [-0.3, -0.25) is 0 Å². The van der Waals surface area contributed by atoms with Crippen LogP contribution in [0.5, 0.6) is 0 Å². The first-order valence-corrected chi connectivity index (χ1v) is 5.49. The van der Waals surface area contributed by atoms with Gasteiger partial charge in [0, 0.05) is 0 Å². The molecule has 0 aliphatic heterocycles. The van der Waals surface area contributed by atoms with E-state index in [-0.39, 0.29) is 0 Å². The third-order valence-corrected chi connectivity index (χ3v) is 3.03. The van der Waals surface area contributed by atoms with Crippen molar-refractivity contribution in [3.8, 4) is 0 Å². The highest BCUT2D eigenvalue weighted by Crippen LogP contribution is 2.38. The number of allylic oxidation sites excluding steroid dienone is 2. The molecule has 2 aromatic carbocycles. The Bertz CT molecular complexity index is 547. The Balaban J connectivity index is 2.11. The molecule has 1 aliphatic carbocycles. The van der Waals surface area contributed by atoms with Crippen molar-refractivity contribution < 1.29 is 0 Å². The summed E-state index contributed by atoms with van der Waals surface area (Å²) in [5.41, 5.74) is 6.31. The molecule has 2 radical (unpaired) electrons. The van der Waals surface area contributed by atoms with E-state index in [1.54, 1.807) is 0 Å². The molecule has 0 N–H and O–H groups in total. The normalized spacial score (nSPS) is 14.1. The lowest BCUT2D eigenvalue weighted by Gasteiger charge is -2.02. The molecule has 0 amide bonds. The van der Waals surface area contributed by atoms with Gasteiger partial charge < -0.3 is 0 Å². The average Bonchev–Trinajstić information content (AvgIpc) is 2.69. The van der Waals surface area contributed by atoms with Crippen molar-refractivity contribution in [1.82, 2.24) is 0 Å². The van der Waals surface area contributed by atoms with Gasteiger partial charge in [-0.05, 0) is 34.8 Å². The van der Waals surface area contributed by atoms with Gasteiger partial charge in [0.05, 0.1) is 6.42 Å². The Hall–Kier alpha value is -1.82. The van der Waals surface area contributed by atoms with Crippen molar-refractivity contribution in [2.24, 2.45) is 0 Å². The standard InChI is InChI=1S/C16H12/c1-12-15-10-6-5-9-14(15)11-16(12)13-7-3-2-4-8-13/h2-10H,1H3. The number of hydrogen-bond donors (Lipinski definition) is 0. The lowest BCUT2D eigenvalue weighted by atomic mass is 10.0. The summed E-state index contributed by atoms with van der Waals surface area (Å²) < 4.78 is 0. The second kappa shape index (κ2) is 3.64. The topological polar surface area (TPSA) is 0 Å². The maximum atomic E-state index is 3.48. The van der Waals surface area contributed by atoms with E-state index in [1.165, 1.54) is 27.8 Å². The number of fused-ring (bicyclic) bond motifs is 1. The van der Waals surface area contributed by atoms with E-state index in [1.807, 2.05) is 6.07 Å². The second-order valence-corrected chi connectivity index (χ2v) is 4.04. The zero-order valence-electron chi connectivity index (χ0n) is 9.20. The van der Waals surface area contributed by atoms with Crippen LogP contribution in [0.4, 0.5) is 0 Å². The summed E-state index contributed by atoms with van der Waals surface area (Å²) in [7, 11) is 0. The molecule has 0 unspecified atom stereocenters. The minimum absolute atomic E-state index is 1.21. The molecule has 76 valence electrons. The minimum atomic E-state index is 1.21. The Kier molecular flexibility index (Phi) is 2.14. The summed E-state index contributed by atoms with van der Waals surface area (Å²) in [6.45, 7) is 2.17. The molecule has 0 bridgehead atoms. The highest BCUT2D eigenvalue weighted by atomic mass is 14.2. The quantitative estimate of drug-likeness (QED) is 0.657. The van der Waals surface area contributed by atoms with E-state index in [0.717, 1.165) is 0 Å². The Morgan fingerprint density at radius 3 is 2.25 bits per heavy atom. The van der Waals surface area contributed by atoms with Gasteiger partial charge in [-0.25, -0.2) is 0 Å². The van der Waals surface area contributed by atoms with Crippen molar-refractivity contribution in [3.05, 3.63) is 77.7 Å². The molecule has 2 aromatic rings. The molecule has 0 aromatic heterocycles. The van der Waals surface area contributed by atoms with Gasteiger partial charge in [-0.2, -0.15) is 0 Å². The highest BCUT2D eigenvalue weighted by Gasteiger charge is 2.19. The molecule has 0 spiro atoms. The van der Waals surface area contributed by atoms with Crippen LogP contribution >= 0.6 is 0 Å². The summed E-state index contributed by atoms with van der Waals surface area (Å²) in [6, 6.07) is 18.9. The third kappa shape index (κ3) is 1.38. The van der Waals surface area contributed by atoms with Crippen molar-refractivity contribution >= 4 is 11.1 Å². The molecule has 0 saturated carbocycles. The third-order valence-electron chi connectivity index (χ3n) is 3.03. The van der Waals surface area contributed by atoms with Gasteiger partial charge in [0.1, 0.15) is 0 Å². The van der Waals surface area contributed by atoms with E-state index < -0.39 is 0 Å². The SMILES string of the molecule is CC1=C(c2ccccc2)[C]c2ccccc21. The predicted molar refractivity (Wildman–Crippen MR) is 67.7 cm³/mol. The number of benzene rings is 2. The van der Waals surface area contributed by atoms with Crippen LogP contribution in [-0.2, 0) is 0 Å².